The molecule has 1 aromatic heterocycles. The molecule has 1 saturated heterocycles. The first-order valence-corrected chi connectivity index (χ1v) is 5.84. The molecule has 0 aromatic carbocycles. The summed E-state index contributed by atoms with van der Waals surface area (Å²) in [6, 6.07) is 1.75. The van der Waals surface area contributed by atoms with Crippen LogP contribution in [0.1, 0.15) is 29.8 Å². The number of piperidine rings is 1. The number of carbonyl (C=O) groups excluding carboxylic acids is 1. The Morgan fingerprint density at radius 2 is 2.06 bits per heavy atom. The molecule has 0 spiro atoms. The maximum absolute atomic E-state index is 12.1. The predicted molar refractivity (Wildman–Crippen MR) is 57.5 cm³/mol. The van der Waals surface area contributed by atoms with Gasteiger partial charge in [0, 0.05) is 19.2 Å². The minimum Gasteiger partial charge on any atom is -0.476 e. The number of hydrogen-bond donors (Lipinski definition) is 0. The summed E-state index contributed by atoms with van der Waals surface area (Å²) in [6.07, 6.45) is 3.44. The van der Waals surface area contributed by atoms with Crippen molar-refractivity contribution in [3.8, 4) is 5.88 Å². The van der Waals surface area contributed by atoms with E-state index in [1.807, 2.05) is 4.90 Å². The van der Waals surface area contributed by atoms with Crippen molar-refractivity contribution < 1.29 is 9.53 Å². The molecular formula is C11H15N3O2. The van der Waals surface area contributed by atoms with Crippen LogP contribution in [0.2, 0.25) is 0 Å². The number of amides is 1. The van der Waals surface area contributed by atoms with Gasteiger partial charge in [-0.2, -0.15) is 5.10 Å². The van der Waals surface area contributed by atoms with Gasteiger partial charge in [0.05, 0.1) is 6.54 Å². The van der Waals surface area contributed by atoms with E-state index in [2.05, 4.69) is 5.10 Å². The van der Waals surface area contributed by atoms with Gasteiger partial charge in [0.2, 0.25) is 5.88 Å². The highest BCUT2D eigenvalue weighted by Crippen LogP contribution is 2.20. The third kappa shape index (κ3) is 1.56. The van der Waals surface area contributed by atoms with Crippen molar-refractivity contribution in [1.29, 1.82) is 0 Å². The molecule has 2 aliphatic rings. The lowest BCUT2D eigenvalue weighted by atomic mass is 10.1. The van der Waals surface area contributed by atoms with Gasteiger partial charge in [0.1, 0.15) is 6.61 Å². The molecule has 0 unspecified atom stereocenters. The number of aromatic nitrogens is 2. The quantitative estimate of drug-likeness (QED) is 0.708. The van der Waals surface area contributed by atoms with Crippen LogP contribution in [0.15, 0.2) is 6.07 Å². The minimum absolute atomic E-state index is 0.0465. The summed E-state index contributed by atoms with van der Waals surface area (Å²) in [6.45, 7) is 3.15. The van der Waals surface area contributed by atoms with Crippen molar-refractivity contribution in [2.24, 2.45) is 0 Å². The van der Waals surface area contributed by atoms with Gasteiger partial charge in [-0.3, -0.25) is 4.79 Å². The second kappa shape index (κ2) is 3.81. The van der Waals surface area contributed by atoms with Gasteiger partial charge in [-0.1, -0.05) is 0 Å². The number of likely N-dealkylation sites (tertiary alicyclic amines) is 1. The molecule has 0 atom stereocenters. The number of ether oxygens (including phenoxy) is 1. The molecule has 0 saturated carbocycles. The van der Waals surface area contributed by atoms with Crippen LogP contribution in [0, 0.1) is 0 Å². The van der Waals surface area contributed by atoms with Crippen LogP contribution in [0.3, 0.4) is 0 Å². The molecule has 0 N–H and O–H groups in total. The molecule has 1 amide bonds. The van der Waals surface area contributed by atoms with E-state index in [9.17, 15) is 4.79 Å². The first-order valence-electron chi connectivity index (χ1n) is 5.84. The maximum Gasteiger partial charge on any atom is 0.274 e. The second-order valence-corrected chi connectivity index (χ2v) is 4.29. The molecule has 86 valence electrons. The topological polar surface area (TPSA) is 47.4 Å². The Balaban J connectivity index is 1.78. The Labute approximate surface area is 94.0 Å². The number of nitrogens with zero attached hydrogens (tertiary/aromatic N) is 3. The zero-order valence-corrected chi connectivity index (χ0v) is 9.19. The van der Waals surface area contributed by atoms with Gasteiger partial charge < -0.3 is 9.64 Å². The molecule has 3 rings (SSSR count). The summed E-state index contributed by atoms with van der Waals surface area (Å²) in [5, 5.41) is 4.27. The van der Waals surface area contributed by atoms with Crippen LogP contribution < -0.4 is 4.74 Å². The van der Waals surface area contributed by atoms with Gasteiger partial charge in [0.25, 0.3) is 5.91 Å². The van der Waals surface area contributed by atoms with Crippen LogP contribution in [0.25, 0.3) is 0 Å². The lowest BCUT2D eigenvalue weighted by Gasteiger charge is -2.25. The van der Waals surface area contributed by atoms with Crippen molar-refractivity contribution in [2.45, 2.75) is 25.8 Å². The van der Waals surface area contributed by atoms with E-state index in [-0.39, 0.29) is 5.91 Å². The summed E-state index contributed by atoms with van der Waals surface area (Å²) < 4.78 is 7.11. The van der Waals surface area contributed by atoms with Gasteiger partial charge in [0.15, 0.2) is 5.69 Å². The summed E-state index contributed by atoms with van der Waals surface area (Å²) >= 11 is 0. The zero-order valence-electron chi connectivity index (χ0n) is 9.19. The van der Waals surface area contributed by atoms with E-state index >= 15 is 0 Å². The van der Waals surface area contributed by atoms with Gasteiger partial charge in [-0.25, -0.2) is 4.68 Å². The normalized spacial score (nSPS) is 19.4. The molecule has 2 aliphatic heterocycles. The lowest BCUT2D eigenvalue weighted by molar-refractivity contribution is 0.0717. The van der Waals surface area contributed by atoms with E-state index in [4.69, 9.17) is 4.74 Å². The zero-order chi connectivity index (χ0) is 11.0. The predicted octanol–water partition coefficient (Wildman–Crippen LogP) is 0.902. The van der Waals surface area contributed by atoms with E-state index in [0.717, 1.165) is 38.4 Å². The van der Waals surface area contributed by atoms with Crippen LogP contribution in [0.4, 0.5) is 0 Å². The Morgan fingerprint density at radius 1 is 1.25 bits per heavy atom. The smallest absolute Gasteiger partial charge is 0.274 e. The van der Waals surface area contributed by atoms with Gasteiger partial charge >= 0.3 is 0 Å². The van der Waals surface area contributed by atoms with Crippen molar-refractivity contribution >= 4 is 5.91 Å². The molecule has 5 heteroatoms. The molecule has 16 heavy (non-hydrogen) atoms. The maximum atomic E-state index is 12.1. The third-order valence-corrected chi connectivity index (χ3v) is 3.16. The Morgan fingerprint density at radius 3 is 2.81 bits per heavy atom. The standard InChI is InChI=1S/C11H15N3O2/c15-11(13-4-2-1-3-5-13)9-8-10-14(12-9)6-7-16-10/h8H,1-7H2. The molecule has 3 heterocycles. The highest BCUT2D eigenvalue weighted by atomic mass is 16.5. The highest BCUT2D eigenvalue weighted by Gasteiger charge is 2.24. The van der Waals surface area contributed by atoms with E-state index in [1.54, 1.807) is 10.7 Å². The lowest BCUT2D eigenvalue weighted by Crippen LogP contribution is -2.35. The van der Waals surface area contributed by atoms with Crippen LogP contribution in [-0.4, -0.2) is 40.3 Å². The number of rotatable bonds is 1. The fourth-order valence-electron chi connectivity index (χ4n) is 2.28. The number of carbonyl (C=O) groups is 1. The monoisotopic (exact) mass is 221 g/mol. The highest BCUT2D eigenvalue weighted by molar-refractivity contribution is 5.92. The van der Waals surface area contributed by atoms with Crippen LogP contribution in [-0.2, 0) is 6.54 Å². The first-order chi connectivity index (χ1) is 7.84. The molecule has 5 nitrogen and oxygen atoms in total. The number of fused-ring (bicyclic) bond motifs is 1. The largest absolute Gasteiger partial charge is 0.476 e. The van der Waals surface area contributed by atoms with Gasteiger partial charge in [-0.05, 0) is 19.3 Å². The average Bonchev–Trinajstić information content (AvgIpc) is 2.89. The Hall–Kier alpha value is -1.52. The molecular weight excluding hydrogens is 206 g/mol. The van der Waals surface area contributed by atoms with E-state index in [1.165, 1.54) is 6.42 Å². The fraction of sp³-hybridized carbons (Fsp3) is 0.636. The molecule has 0 radical (unpaired) electrons. The third-order valence-electron chi connectivity index (χ3n) is 3.16. The first kappa shape index (κ1) is 9.69. The van der Waals surface area contributed by atoms with Gasteiger partial charge in [-0.15, -0.1) is 0 Å². The van der Waals surface area contributed by atoms with Crippen molar-refractivity contribution in [1.82, 2.24) is 14.7 Å². The SMILES string of the molecule is O=C(c1cc2n(n1)CCO2)N1CCCCC1. The molecule has 0 bridgehead atoms. The fourth-order valence-corrected chi connectivity index (χ4v) is 2.28. The van der Waals surface area contributed by atoms with Crippen molar-refractivity contribution in [2.75, 3.05) is 19.7 Å². The van der Waals surface area contributed by atoms with E-state index < -0.39 is 0 Å². The van der Waals surface area contributed by atoms with Crippen LogP contribution >= 0.6 is 0 Å². The number of hydrogen-bond acceptors (Lipinski definition) is 3. The minimum atomic E-state index is 0.0465. The summed E-state index contributed by atoms with van der Waals surface area (Å²) in [5.41, 5.74) is 0.525. The van der Waals surface area contributed by atoms with Crippen molar-refractivity contribution in [3.63, 3.8) is 0 Å². The molecule has 0 aliphatic carbocycles. The molecule has 1 fully saturated rings. The summed E-state index contributed by atoms with van der Waals surface area (Å²) in [4.78, 5) is 14.0. The Bertz CT molecular complexity index is 386. The second-order valence-electron chi connectivity index (χ2n) is 4.29. The van der Waals surface area contributed by atoms with Crippen molar-refractivity contribution in [3.05, 3.63) is 11.8 Å². The van der Waals surface area contributed by atoms with Crippen LogP contribution in [0.5, 0.6) is 5.88 Å². The molecule has 1 aromatic rings. The van der Waals surface area contributed by atoms with E-state index in [0.29, 0.717) is 12.3 Å². The summed E-state index contributed by atoms with van der Waals surface area (Å²) in [5.74, 6) is 0.769. The average molecular weight is 221 g/mol. The summed E-state index contributed by atoms with van der Waals surface area (Å²) in [7, 11) is 0. The Kier molecular flexibility index (Phi) is 2.31.